The Balaban J connectivity index is 1.43. The van der Waals surface area contributed by atoms with Crippen molar-refractivity contribution in [1.29, 1.82) is 0 Å². The zero-order valence-electron chi connectivity index (χ0n) is 17.6. The molecule has 1 aromatic carbocycles. The zero-order chi connectivity index (χ0) is 24.4. The van der Waals surface area contributed by atoms with Crippen molar-refractivity contribution in [3.05, 3.63) is 81.8 Å². The lowest BCUT2D eigenvalue weighted by atomic mass is 10.1. The highest BCUT2D eigenvalue weighted by atomic mass is 35.5. The van der Waals surface area contributed by atoms with Gasteiger partial charge in [-0.3, -0.25) is 14.8 Å². The molecule has 0 aliphatic carbocycles. The zero-order valence-corrected chi connectivity index (χ0v) is 18.3. The second-order valence-electron chi connectivity index (χ2n) is 7.31. The number of aryl methyl sites for hydroxylation is 1. The third kappa shape index (κ3) is 5.11. The highest BCUT2D eigenvalue weighted by molar-refractivity contribution is 6.32. The van der Waals surface area contributed by atoms with E-state index in [1.165, 1.54) is 18.5 Å². The second-order valence-corrected chi connectivity index (χ2v) is 7.69. The van der Waals surface area contributed by atoms with Crippen LogP contribution in [0.15, 0.2) is 47.1 Å². The molecule has 4 aromatic rings. The fraction of sp³-hybridized carbons (Fsp3) is 0.238. The van der Waals surface area contributed by atoms with E-state index in [1.54, 1.807) is 4.68 Å². The van der Waals surface area contributed by atoms with Gasteiger partial charge in [0.15, 0.2) is 5.76 Å². The minimum atomic E-state index is -3.13. The predicted octanol–water partition coefficient (Wildman–Crippen LogP) is 5.25. The summed E-state index contributed by atoms with van der Waals surface area (Å²) < 4.78 is 60.1. The first-order valence-corrected chi connectivity index (χ1v) is 10.3. The molecule has 178 valence electrons. The number of benzene rings is 1. The standard InChI is InChI=1S/C21H17ClF4N6O2/c1-11-2-4-12(5-3-11)8-31-10-27-21(30-31)28-20(33)14-7-6-13(34-14)9-32-17(19(25)26)15(22)16(29-32)18(23)24/h2-7,10,18-19H,8-9H2,1H3,(H,28,30,33). The molecule has 1 amide bonds. The van der Waals surface area contributed by atoms with E-state index >= 15 is 0 Å². The SMILES string of the molecule is Cc1ccc(Cn2cnc(NC(=O)c3ccc(Cn4nc(C(F)F)c(Cl)c4C(F)F)o3)n2)cc1. The van der Waals surface area contributed by atoms with Crippen molar-refractivity contribution in [2.24, 2.45) is 0 Å². The Hall–Kier alpha value is -3.67. The Morgan fingerprint density at radius 3 is 2.47 bits per heavy atom. The number of hydrogen-bond acceptors (Lipinski definition) is 5. The number of halogens is 5. The first kappa shape index (κ1) is 23.5. The number of nitrogens with one attached hydrogen (secondary N) is 1. The van der Waals surface area contributed by atoms with Gasteiger partial charge in [0, 0.05) is 0 Å². The van der Waals surface area contributed by atoms with Gasteiger partial charge in [0.25, 0.3) is 18.8 Å². The molecule has 4 rings (SSSR count). The monoisotopic (exact) mass is 496 g/mol. The van der Waals surface area contributed by atoms with Gasteiger partial charge in [0.05, 0.1) is 18.1 Å². The average molecular weight is 497 g/mol. The number of nitrogens with zero attached hydrogens (tertiary/aromatic N) is 5. The maximum atomic E-state index is 13.3. The van der Waals surface area contributed by atoms with Crippen LogP contribution in [0.5, 0.6) is 0 Å². The van der Waals surface area contributed by atoms with Crippen molar-refractivity contribution in [1.82, 2.24) is 24.5 Å². The van der Waals surface area contributed by atoms with Crippen molar-refractivity contribution < 1.29 is 26.8 Å². The van der Waals surface area contributed by atoms with Gasteiger partial charge in [-0.1, -0.05) is 41.4 Å². The molecule has 8 nitrogen and oxygen atoms in total. The summed E-state index contributed by atoms with van der Waals surface area (Å²) in [6.45, 7) is 2.01. The number of rotatable bonds is 8. The number of amides is 1. The molecule has 0 saturated carbocycles. The minimum absolute atomic E-state index is 0.0323. The Bertz CT molecular complexity index is 1300. The van der Waals surface area contributed by atoms with E-state index < -0.39 is 41.7 Å². The van der Waals surface area contributed by atoms with Gasteiger partial charge < -0.3 is 4.42 Å². The first-order valence-electron chi connectivity index (χ1n) is 9.88. The van der Waals surface area contributed by atoms with Crippen LogP contribution in [0, 0.1) is 6.92 Å². The topological polar surface area (TPSA) is 90.8 Å². The summed E-state index contributed by atoms with van der Waals surface area (Å²) >= 11 is 5.64. The van der Waals surface area contributed by atoms with E-state index in [9.17, 15) is 22.4 Å². The highest BCUT2D eigenvalue weighted by Crippen LogP contribution is 2.35. The summed E-state index contributed by atoms with van der Waals surface area (Å²) in [5, 5.41) is 9.30. The lowest BCUT2D eigenvalue weighted by Crippen LogP contribution is -2.13. The average Bonchev–Trinajstić information content (AvgIpc) is 3.49. The van der Waals surface area contributed by atoms with Gasteiger partial charge >= 0.3 is 0 Å². The van der Waals surface area contributed by atoms with E-state index in [0.29, 0.717) is 11.2 Å². The number of carbonyl (C=O) groups is 1. The predicted molar refractivity (Wildman–Crippen MR) is 113 cm³/mol. The third-order valence-electron chi connectivity index (χ3n) is 4.79. The van der Waals surface area contributed by atoms with Gasteiger partial charge in [-0.15, -0.1) is 5.10 Å². The molecule has 34 heavy (non-hydrogen) atoms. The normalized spacial score (nSPS) is 11.5. The summed E-state index contributed by atoms with van der Waals surface area (Å²) in [7, 11) is 0. The molecule has 0 aliphatic rings. The Labute approximate surface area is 195 Å². The molecule has 13 heteroatoms. The molecule has 0 atom stereocenters. The Kier molecular flexibility index (Phi) is 6.68. The largest absolute Gasteiger partial charge is 0.454 e. The second kappa shape index (κ2) is 9.67. The van der Waals surface area contributed by atoms with E-state index in [1.807, 2.05) is 31.2 Å². The van der Waals surface area contributed by atoms with Crippen LogP contribution in [0.4, 0.5) is 23.5 Å². The molecule has 0 bridgehead atoms. The van der Waals surface area contributed by atoms with Gasteiger partial charge in [-0.25, -0.2) is 27.2 Å². The number of furan rings is 1. The van der Waals surface area contributed by atoms with E-state index in [0.717, 1.165) is 11.1 Å². The van der Waals surface area contributed by atoms with Crippen molar-refractivity contribution in [3.8, 4) is 0 Å². The van der Waals surface area contributed by atoms with Gasteiger partial charge in [0.2, 0.25) is 5.95 Å². The summed E-state index contributed by atoms with van der Waals surface area (Å²) in [5.74, 6) is -0.767. The molecule has 0 radical (unpaired) electrons. The molecule has 0 unspecified atom stereocenters. The van der Waals surface area contributed by atoms with Crippen molar-refractivity contribution in [3.63, 3.8) is 0 Å². The number of carbonyl (C=O) groups excluding carboxylic acids is 1. The number of aromatic nitrogens is 5. The fourth-order valence-corrected chi connectivity index (χ4v) is 3.45. The minimum Gasteiger partial charge on any atom is -0.454 e. The number of hydrogen-bond donors (Lipinski definition) is 1. The van der Waals surface area contributed by atoms with Gasteiger partial charge in [0.1, 0.15) is 23.5 Å². The summed E-state index contributed by atoms with van der Waals surface area (Å²) in [5.41, 5.74) is 0.320. The lowest BCUT2D eigenvalue weighted by molar-refractivity contribution is 0.0993. The highest BCUT2D eigenvalue weighted by Gasteiger charge is 2.28. The smallest absolute Gasteiger partial charge is 0.293 e. The summed E-state index contributed by atoms with van der Waals surface area (Å²) in [6.07, 6.45) is -4.80. The first-order chi connectivity index (χ1) is 16.2. The van der Waals surface area contributed by atoms with Crippen LogP contribution in [0.3, 0.4) is 0 Å². The van der Waals surface area contributed by atoms with Crippen LogP contribution in [0.25, 0.3) is 0 Å². The molecule has 3 heterocycles. The van der Waals surface area contributed by atoms with Crippen molar-refractivity contribution in [2.75, 3.05) is 5.32 Å². The molecule has 0 saturated heterocycles. The number of anilines is 1. The van der Waals surface area contributed by atoms with Gasteiger partial charge in [-0.2, -0.15) is 5.10 Å². The van der Waals surface area contributed by atoms with Crippen LogP contribution < -0.4 is 5.32 Å². The maximum absolute atomic E-state index is 13.3. The Morgan fingerprint density at radius 2 is 1.79 bits per heavy atom. The lowest BCUT2D eigenvalue weighted by Gasteiger charge is -2.05. The molecule has 3 aromatic heterocycles. The molecule has 0 spiro atoms. The van der Waals surface area contributed by atoms with Crippen LogP contribution in [0.2, 0.25) is 5.02 Å². The molecule has 0 fully saturated rings. The van der Waals surface area contributed by atoms with E-state index in [4.69, 9.17) is 16.0 Å². The van der Waals surface area contributed by atoms with Gasteiger partial charge in [-0.05, 0) is 24.6 Å². The molecular weight excluding hydrogens is 480 g/mol. The van der Waals surface area contributed by atoms with Crippen LogP contribution in [-0.2, 0) is 13.1 Å². The van der Waals surface area contributed by atoms with Crippen molar-refractivity contribution in [2.45, 2.75) is 32.9 Å². The van der Waals surface area contributed by atoms with E-state index in [2.05, 4.69) is 20.5 Å². The van der Waals surface area contributed by atoms with Crippen molar-refractivity contribution >= 4 is 23.5 Å². The Morgan fingerprint density at radius 1 is 1.06 bits per heavy atom. The molecular formula is C21H17ClF4N6O2. The van der Waals surface area contributed by atoms with Crippen LogP contribution in [-0.4, -0.2) is 30.5 Å². The molecule has 1 N–H and O–H groups in total. The van der Waals surface area contributed by atoms with Crippen LogP contribution in [0.1, 0.15) is 51.7 Å². The van der Waals surface area contributed by atoms with Crippen LogP contribution >= 0.6 is 11.6 Å². The maximum Gasteiger partial charge on any atom is 0.293 e. The summed E-state index contributed by atoms with van der Waals surface area (Å²) in [4.78, 5) is 16.5. The molecule has 0 aliphatic heterocycles. The summed E-state index contributed by atoms with van der Waals surface area (Å²) in [6, 6.07) is 10.5. The third-order valence-corrected chi connectivity index (χ3v) is 5.17. The quantitative estimate of drug-likeness (QED) is 0.336. The number of alkyl halides is 4. The van der Waals surface area contributed by atoms with E-state index in [-0.39, 0.29) is 17.5 Å². The fourth-order valence-electron chi connectivity index (χ4n) is 3.15.